The molecule has 1 aliphatic heterocycles. The van der Waals surface area contributed by atoms with Crippen molar-refractivity contribution in [2.75, 3.05) is 38.7 Å². The highest BCUT2D eigenvalue weighted by Gasteiger charge is 2.34. The summed E-state index contributed by atoms with van der Waals surface area (Å²) in [5, 5.41) is 3.24. The molecule has 0 aliphatic carbocycles. The van der Waals surface area contributed by atoms with Crippen molar-refractivity contribution in [1.29, 1.82) is 0 Å². The summed E-state index contributed by atoms with van der Waals surface area (Å²) in [5.41, 5.74) is 1.57. The van der Waals surface area contributed by atoms with E-state index in [1.807, 2.05) is 24.3 Å². The second kappa shape index (κ2) is 7.43. The van der Waals surface area contributed by atoms with Crippen LogP contribution in [0.3, 0.4) is 0 Å². The third kappa shape index (κ3) is 3.17. The minimum Gasteiger partial charge on any atom is -0.496 e. The maximum absolute atomic E-state index is 13.6. The van der Waals surface area contributed by atoms with Crippen LogP contribution in [-0.4, -0.2) is 42.8 Å². The lowest BCUT2D eigenvalue weighted by atomic mass is 10.2. The van der Waals surface area contributed by atoms with Crippen LogP contribution in [0, 0.1) is 0 Å². The molecule has 0 amide bonds. The second-order valence-corrected chi connectivity index (χ2v) is 7.54. The van der Waals surface area contributed by atoms with Gasteiger partial charge < -0.3 is 19.5 Å². The van der Waals surface area contributed by atoms with Crippen molar-refractivity contribution in [2.45, 2.75) is 11.4 Å². The van der Waals surface area contributed by atoms with Crippen molar-refractivity contribution in [3.05, 3.63) is 42.0 Å². The molecule has 26 heavy (non-hydrogen) atoms. The molecule has 0 spiro atoms. The number of fused-ring (bicyclic) bond motifs is 1. The lowest BCUT2D eigenvalue weighted by Crippen LogP contribution is -2.35. The quantitative estimate of drug-likeness (QED) is 0.858. The van der Waals surface area contributed by atoms with Crippen LogP contribution in [0.15, 0.2) is 41.3 Å². The van der Waals surface area contributed by atoms with Crippen molar-refractivity contribution >= 4 is 15.7 Å². The van der Waals surface area contributed by atoms with E-state index in [4.69, 9.17) is 14.2 Å². The van der Waals surface area contributed by atoms with Crippen LogP contribution >= 0.6 is 0 Å². The van der Waals surface area contributed by atoms with E-state index >= 15 is 0 Å². The van der Waals surface area contributed by atoms with E-state index in [1.165, 1.54) is 37.8 Å². The monoisotopic (exact) mass is 378 g/mol. The van der Waals surface area contributed by atoms with Crippen LogP contribution in [0.5, 0.6) is 17.2 Å². The van der Waals surface area contributed by atoms with E-state index in [1.54, 1.807) is 0 Å². The van der Waals surface area contributed by atoms with Gasteiger partial charge in [0.1, 0.15) is 17.2 Å². The standard InChI is InChI=1S/C18H22N2O5S/c1-23-14-10-16(24-2)18(17(11-14)25-3)26(21,22)20-9-8-19-12-13-6-4-5-7-15(13)20/h4-7,10-11,19H,8-9,12H2,1-3H3. The van der Waals surface area contributed by atoms with E-state index < -0.39 is 10.0 Å². The van der Waals surface area contributed by atoms with Crippen LogP contribution in [0.25, 0.3) is 0 Å². The SMILES string of the molecule is COc1cc(OC)c(S(=O)(=O)N2CCNCc3ccccc32)c(OC)c1. The Morgan fingerprint density at radius 2 is 1.65 bits per heavy atom. The number of ether oxygens (including phenoxy) is 3. The third-order valence-corrected chi connectivity index (χ3v) is 6.16. The van der Waals surface area contributed by atoms with E-state index in [0.29, 0.717) is 31.1 Å². The summed E-state index contributed by atoms with van der Waals surface area (Å²) in [6.07, 6.45) is 0. The van der Waals surface area contributed by atoms with Gasteiger partial charge in [0.15, 0.2) is 4.90 Å². The summed E-state index contributed by atoms with van der Waals surface area (Å²) < 4.78 is 44.4. The molecule has 2 aromatic rings. The number of benzene rings is 2. The lowest BCUT2D eigenvalue weighted by molar-refractivity contribution is 0.359. The number of nitrogens with zero attached hydrogens (tertiary/aromatic N) is 1. The molecule has 0 aromatic heterocycles. The zero-order valence-corrected chi connectivity index (χ0v) is 15.8. The summed E-state index contributed by atoms with van der Waals surface area (Å²) >= 11 is 0. The van der Waals surface area contributed by atoms with E-state index in [0.717, 1.165) is 5.56 Å². The van der Waals surface area contributed by atoms with Crippen LogP contribution in [0.4, 0.5) is 5.69 Å². The largest absolute Gasteiger partial charge is 0.496 e. The Morgan fingerprint density at radius 3 is 2.27 bits per heavy atom. The summed E-state index contributed by atoms with van der Waals surface area (Å²) in [5.74, 6) is 0.808. The Kier molecular flexibility index (Phi) is 5.24. The van der Waals surface area contributed by atoms with Crippen molar-refractivity contribution in [3.63, 3.8) is 0 Å². The average Bonchev–Trinajstić information content (AvgIpc) is 2.89. The van der Waals surface area contributed by atoms with Crippen LogP contribution < -0.4 is 23.8 Å². The van der Waals surface area contributed by atoms with Crippen molar-refractivity contribution in [3.8, 4) is 17.2 Å². The first kappa shape index (κ1) is 18.3. The van der Waals surface area contributed by atoms with Gasteiger partial charge in [-0.3, -0.25) is 4.31 Å². The topological polar surface area (TPSA) is 77.1 Å². The summed E-state index contributed by atoms with van der Waals surface area (Å²) in [4.78, 5) is -0.0139. The zero-order chi connectivity index (χ0) is 18.7. The highest BCUT2D eigenvalue weighted by Crippen LogP contribution is 2.41. The third-order valence-electron chi connectivity index (χ3n) is 4.29. The molecule has 1 heterocycles. The van der Waals surface area contributed by atoms with Gasteiger partial charge in [0.25, 0.3) is 10.0 Å². The molecule has 0 fully saturated rings. The molecule has 0 bridgehead atoms. The molecule has 0 saturated carbocycles. The molecular weight excluding hydrogens is 356 g/mol. The zero-order valence-electron chi connectivity index (χ0n) is 15.0. The lowest BCUT2D eigenvalue weighted by Gasteiger charge is -2.26. The number of methoxy groups -OCH3 is 3. The minimum atomic E-state index is -3.92. The predicted octanol–water partition coefficient (Wildman–Crippen LogP) is 2.01. The highest BCUT2D eigenvalue weighted by molar-refractivity contribution is 7.93. The van der Waals surface area contributed by atoms with Gasteiger partial charge in [-0.05, 0) is 11.6 Å². The number of anilines is 1. The predicted molar refractivity (Wildman–Crippen MR) is 98.8 cm³/mol. The summed E-state index contributed by atoms with van der Waals surface area (Å²) in [6.45, 7) is 1.45. The number of para-hydroxylation sites is 1. The van der Waals surface area contributed by atoms with Gasteiger partial charge in [-0.2, -0.15) is 0 Å². The Morgan fingerprint density at radius 1 is 1.00 bits per heavy atom. The maximum Gasteiger partial charge on any atom is 0.271 e. The molecule has 8 heteroatoms. The van der Waals surface area contributed by atoms with Crippen molar-refractivity contribution in [2.24, 2.45) is 0 Å². The second-order valence-electron chi connectivity index (χ2n) is 5.74. The summed E-state index contributed by atoms with van der Waals surface area (Å²) in [6, 6.07) is 10.5. The van der Waals surface area contributed by atoms with E-state index in [2.05, 4.69) is 5.32 Å². The smallest absolute Gasteiger partial charge is 0.271 e. The van der Waals surface area contributed by atoms with Crippen molar-refractivity contribution < 1.29 is 22.6 Å². The van der Waals surface area contributed by atoms with Crippen LogP contribution in [-0.2, 0) is 16.6 Å². The fourth-order valence-electron chi connectivity index (χ4n) is 3.02. The van der Waals surface area contributed by atoms with Gasteiger partial charge in [0.05, 0.1) is 27.0 Å². The van der Waals surface area contributed by atoms with E-state index in [-0.39, 0.29) is 16.4 Å². The first-order valence-electron chi connectivity index (χ1n) is 8.14. The molecule has 0 radical (unpaired) electrons. The van der Waals surface area contributed by atoms with Gasteiger partial charge in [-0.1, -0.05) is 18.2 Å². The number of sulfonamides is 1. The van der Waals surface area contributed by atoms with Gasteiger partial charge in [-0.15, -0.1) is 0 Å². The Balaban J connectivity index is 2.20. The molecule has 0 unspecified atom stereocenters. The highest BCUT2D eigenvalue weighted by atomic mass is 32.2. The Labute approximate surface area is 153 Å². The molecule has 1 N–H and O–H groups in total. The normalized spacial score (nSPS) is 14.3. The van der Waals surface area contributed by atoms with Crippen LogP contribution in [0.2, 0.25) is 0 Å². The molecule has 2 aromatic carbocycles. The Bertz CT molecular complexity index is 873. The number of rotatable bonds is 5. The maximum atomic E-state index is 13.6. The molecule has 3 rings (SSSR count). The molecule has 0 atom stereocenters. The fraction of sp³-hybridized carbons (Fsp3) is 0.333. The van der Waals surface area contributed by atoms with E-state index in [9.17, 15) is 8.42 Å². The number of hydrogen-bond donors (Lipinski definition) is 1. The number of nitrogens with one attached hydrogen (secondary N) is 1. The first-order valence-corrected chi connectivity index (χ1v) is 9.58. The van der Waals surface area contributed by atoms with Gasteiger partial charge >= 0.3 is 0 Å². The molecule has 7 nitrogen and oxygen atoms in total. The minimum absolute atomic E-state index is 0.0139. The van der Waals surface area contributed by atoms with Gasteiger partial charge in [0, 0.05) is 31.8 Å². The van der Waals surface area contributed by atoms with Crippen LogP contribution in [0.1, 0.15) is 5.56 Å². The number of hydrogen-bond acceptors (Lipinski definition) is 6. The molecule has 140 valence electrons. The van der Waals surface area contributed by atoms with Crippen molar-refractivity contribution in [1.82, 2.24) is 5.32 Å². The Hall–Kier alpha value is -2.45. The fourth-order valence-corrected chi connectivity index (χ4v) is 4.80. The molecular formula is C18H22N2O5S. The average molecular weight is 378 g/mol. The molecule has 0 saturated heterocycles. The first-order chi connectivity index (χ1) is 12.5. The van der Waals surface area contributed by atoms with Gasteiger partial charge in [0.2, 0.25) is 0 Å². The van der Waals surface area contributed by atoms with Gasteiger partial charge in [-0.25, -0.2) is 8.42 Å². The molecule has 1 aliphatic rings. The summed E-state index contributed by atoms with van der Waals surface area (Å²) in [7, 11) is 0.421.